The molecule has 0 radical (unpaired) electrons. The number of rotatable bonds is 1. The van der Waals surface area contributed by atoms with Crippen molar-refractivity contribution in [3.8, 4) is 0 Å². The van der Waals surface area contributed by atoms with Crippen LogP contribution in [0.15, 0.2) is 18.2 Å². The van der Waals surface area contributed by atoms with E-state index in [1.54, 1.807) is 12.1 Å². The van der Waals surface area contributed by atoms with Crippen molar-refractivity contribution in [1.29, 1.82) is 0 Å². The summed E-state index contributed by atoms with van der Waals surface area (Å²) in [4.78, 5) is 10.6. The van der Waals surface area contributed by atoms with Crippen LogP contribution in [0.4, 0.5) is 0 Å². The second-order valence-corrected chi connectivity index (χ2v) is 3.02. The highest BCUT2D eigenvalue weighted by Crippen LogP contribution is 2.18. The minimum absolute atomic E-state index is 0.209. The van der Waals surface area contributed by atoms with Crippen molar-refractivity contribution >= 4 is 27.7 Å². The summed E-state index contributed by atoms with van der Waals surface area (Å²) < 4.78 is 4.47. The lowest BCUT2D eigenvalue weighted by Crippen LogP contribution is -1.96. The predicted molar refractivity (Wildman–Crippen MR) is 44.4 cm³/mol. The zero-order valence-corrected chi connectivity index (χ0v) is 6.71. The molecule has 0 aliphatic heterocycles. The highest BCUT2D eigenvalue weighted by Gasteiger charge is 2.09. The monoisotopic (exact) mass is 180 g/mol. The third-order valence-corrected chi connectivity index (χ3v) is 2.20. The summed E-state index contributed by atoms with van der Waals surface area (Å²) in [6, 6.07) is 5.00. The summed E-state index contributed by atoms with van der Waals surface area (Å²) in [7, 11) is 0. The van der Waals surface area contributed by atoms with Gasteiger partial charge in [0.15, 0.2) is 0 Å². The van der Waals surface area contributed by atoms with Gasteiger partial charge in [0.25, 0.3) is 0 Å². The van der Waals surface area contributed by atoms with Gasteiger partial charge in [-0.15, -0.1) is 5.10 Å². The van der Waals surface area contributed by atoms with Gasteiger partial charge in [-0.2, -0.15) is 0 Å². The summed E-state index contributed by atoms with van der Waals surface area (Å²) in [6.07, 6.45) is 0. The summed E-state index contributed by atoms with van der Waals surface area (Å²) in [5, 5.41) is 12.5. The van der Waals surface area contributed by atoms with Crippen LogP contribution in [0.3, 0.4) is 0 Å². The number of aromatic nitrogens is 2. The van der Waals surface area contributed by atoms with Crippen molar-refractivity contribution in [2.24, 2.45) is 0 Å². The van der Waals surface area contributed by atoms with Crippen molar-refractivity contribution in [2.75, 3.05) is 0 Å². The molecule has 0 spiro atoms. The Kier molecular flexibility index (Phi) is 1.51. The van der Waals surface area contributed by atoms with Crippen LogP contribution in [0.25, 0.3) is 10.2 Å². The summed E-state index contributed by atoms with van der Waals surface area (Å²) in [5.41, 5.74) is 0.677. The van der Waals surface area contributed by atoms with Gasteiger partial charge in [0, 0.05) is 0 Å². The largest absolute Gasteiger partial charge is 0.478 e. The quantitative estimate of drug-likeness (QED) is 0.720. The Morgan fingerprint density at radius 1 is 1.50 bits per heavy atom. The first-order valence-electron chi connectivity index (χ1n) is 3.23. The van der Waals surface area contributed by atoms with E-state index >= 15 is 0 Å². The van der Waals surface area contributed by atoms with E-state index in [0.29, 0.717) is 5.52 Å². The molecule has 2 aromatic rings. The van der Waals surface area contributed by atoms with Gasteiger partial charge in [-0.3, -0.25) is 0 Å². The fraction of sp³-hybridized carbons (Fsp3) is 0. The van der Waals surface area contributed by atoms with Gasteiger partial charge in [0.1, 0.15) is 5.52 Å². The average molecular weight is 180 g/mol. The number of carboxylic acids is 1. The molecule has 2 rings (SSSR count). The average Bonchev–Trinajstić information content (AvgIpc) is 2.49. The topological polar surface area (TPSA) is 63.1 Å². The third-order valence-electron chi connectivity index (χ3n) is 1.51. The normalized spacial score (nSPS) is 10.3. The number of benzene rings is 1. The zero-order chi connectivity index (χ0) is 8.55. The smallest absolute Gasteiger partial charge is 0.338 e. The van der Waals surface area contributed by atoms with Crippen LogP contribution >= 0.6 is 11.5 Å². The molecule has 4 nitrogen and oxygen atoms in total. The molecular formula is C7H4N2O2S. The van der Waals surface area contributed by atoms with E-state index in [1.165, 1.54) is 17.6 Å². The molecular weight excluding hydrogens is 176 g/mol. The third kappa shape index (κ3) is 0.947. The first-order valence-corrected chi connectivity index (χ1v) is 4.01. The second kappa shape index (κ2) is 2.53. The molecule has 0 saturated heterocycles. The molecule has 0 bridgehead atoms. The minimum Gasteiger partial charge on any atom is -0.478 e. The van der Waals surface area contributed by atoms with E-state index in [0.717, 1.165) is 4.70 Å². The minimum atomic E-state index is -0.965. The molecule has 1 aromatic carbocycles. The van der Waals surface area contributed by atoms with Crippen LogP contribution in [0.5, 0.6) is 0 Å². The fourth-order valence-corrected chi connectivity index (χ4v) is 1.56. The Bertz CT molecular complexity index is 438. The maximum Gasteiger partial charge on any atom is 0.338 e. The molecule has 0 aliphatic carbocycles. The Morgan fingerprint density at radius 2 is 2.33 bits per heavy atom. The van der Waals surface area contributed by atoms with Gasteiger partial charge in [0.2, 0.25) is 0 Å². The molecule has 5 heteroatoms. The highest BCUT2D eigenvalue weighted by atomic mass is 32.1. The van der Waals surface area contributed by atoms with Crippen LogP contribution in [-0.4, -0.2) is 20.7 Å². The van der Waals surface area contributed by atoms with E-state index in [1.807, 2.05) is 0 Å². The van der Waals surface area contributed by atoms with E-state index in [2.05, 4.69) is 9.59 Å². The molecule has 0 fully saturated rings. The Morgan fingerprint density at radius 3 is 3.08 bits per heavy atom. The lowest BCUT2D eigenvalue weighted by molar-refractivity contribution is 0.0699. The van der Waals surface area contributed by atoms with Gasteiger partial charge in [-0.25, -0.2) is 4.79 Å². The van der Waals surface area contributed by atoms with E-state index in [-0.39, 0.29) is 5.56 Å². The maximum atomic E-state index is 10.6. The zero-order valence-electron chi connectivity index (χ0n) is 5.89. The summed E-state index contributed by atoms with van der Waals surface area (Å²) in [6.45, 7) is 0. The van der Waals surface area contributed by atoms with Crippen LogP contribution in [0.1, 0.15) is 10.4 Å². The fourth-order valence-electron chi connectivity index (χ4n) is 0.977. The molecule has 1 aromatic heterocycles. The lowest BCUT2D eigenvalue weighted by Gasteiger charge is -1.92. The van der Waals surface area contributed by atoms with Crippen molar-refractivity contribution in [3.05, 3.63) is 23.8 Å². The standard InChI is InChI=1S/C7H4N2O2S/c10-7(11)4-2-1-3-5-6(4)8-9-12-5/h1-3H,(H,10,11). The molecule has 0 saturated carbocycles. The molecule has 0 amide bonds. The molecule has 60 valence electrons. The SMILES string of the molecule is O=C(O)c1cccc2snnc12. The number of hydrogen-bond acceptors (Lipinski definition) is 4. The first-order chi connectivity index (χ1) is 5.79. The van der Waals surface area contributed by atoms with Crippen LogP contribution in [0.2, 0.25) is 0 Å². The second-order valence-electron chi connectivity index (χ2n) is 2.23. The molecule has 1 heterocycles. The Balaban J connectivity index is 2.82. The van der Waals surface area contributed by atoms with Crippen molar-refractivity contribution in [2.45, 2.75) is 0 Å². The van der Waals surface area contributed by atoms with Crippen LogP contribution in [-0.2, 0) is 0 Å². The Hall–Kier alpha value is -1.49. The van der Waals surface area contributed by atoms with Crippen molar-refractivity contribution in [1.82, 2.24) is 9.59 Å². The number of hydrogen-bond donors (Lipinski definition) is 1. The number of fused-ring (bicyclic) bond motifs is 1. The molecule has 1 N–H and O–H groups in total. The van der Waals surface area contributed by atoms with E-state index < -0.39 is 5.97 Å². The highest BCUT2D eigenvalue weighted by molar-refractivity contribution is 7.13. The summed E-state index contributed by atoms with van der Waals surface area (Å²) in [5.74, 6) is -0.965. The number of carbonyl (C=O) groups is 1. The number of carboxylic acid groups (broad SMARTS) is 1. The van der Waals surface area contributed by atoms with Gasteiger partial charge in [-0.1, -0.05) is 10.6 Å². The molecule has 0 unspecified atom stereocenters. The summed E-state index contributed by atoms with van der Waals surface area (Å²) >= 11 is 1.19. The van der Waals surface area contributed by atoms with Crippen LogP contribution < -0.4 is 0 Å². The maximum absolute atomic E-state index is 10.6. The predicted octanol–water partition coefficient (Wildman–Crippen LogP) is 1.39. The van der Waals surface area contributed by atoms with Crippen molar-refractivity contribution < 1.29 is 9.90 Å². The van der Waals surface area contributed by atoms with Gasteiger partial charge < -0.3 is 5.11 Å². The van der Waals surface area contributed by atoms with Crippen molar-refractivity contribution in [3.63, 3.8) is 0 Å². The first kappa shape index (κ1) is 7.17. The van der Waals surface area contributed by atoms with E-state index in [4.69, 9.17) is 5.11 Å². The lowest BCUT2D eigenvalue weighted by atomic mass is 10.2. The van der Waals surface area contributed by atoms with Gasteiger partial charge >= 0.3 is 5.97 Å². The molecule has 0 aliphatic rings. The number of aromatic carboxylic acids is 1. The molecule has 0 atom stereocenters. The number of nitrogens with zero attached hydrogens (tertiary/aromatic N) is 2. The Labute approximate surface area is 71.6 Å². The van der Waals surface area contributed by atoms with Crippen LogP contribution in [0, 0.1) is 0 Å². The molecule has 12 heavy (non-hydrogen) atoms. The van der Waals surface area contributed by atoms with E-state index in [9.17, 15) is 4.79 Å². The van der Waals surface area contributed by atoms with Gasteiger partial charge in [0.05, 0.1) is 10.3 Å². The van der Waals surface area contributed by atoms with Gasteiger partial charge in [-0.05, 0) is 23.7 Å².